The van der Waals surface area contributed by atoms with E-state index in [4.69, 9.17) is 9.47 Å². The average molecular weight is 524 g/mol. The molecule has 1 aliphatic rings. The minimum absolute atomic E-state index is 0.0314. The van der Waals surface area contributed by atoms with Crippen LogP contribution >= 0.6 is 0 Å². The Morgan fingerprint density at radius 2 is 1.63 bits per heavy atom. The molecule has 1 aliphatic heterocycles. The zero-order chi connectivity index (χ0) is 25.6. The second-order valence-electron chi connectivity index (χ2n) is 9.33. The molecule has 3 rings (SSSR count). The fourth-order valence-corrected chi connectivity index (χ4v) is 7.37. The minimum atomic E-state index is -4.16. The molecule has 194 valence electrons. The zero-order valence-corrected chi connectivity index (χ0v) is 22.7. The number of ether oxygens (including phenoxy) is 2. The summed E-state index contributed by atoms with van der Waals surface area (Å²) in [7, 11) is -8.00. The molecule has 0 unspecified atom stereocenters. The molecule has 2 aromatic rings. The van der Waals surface area contributed by atoms with E-state index in [-0.39, 0.29) is 28.0 Å². The Bertz CT molecular complexity index is 1180. The Hall–Kier alpha value is -2.10. The molecule has 7 nitrogen and oxygen atoms in total. The lowest BCUT2D eigenvalue weighted by atomic mass is 10.0. The van der Waals surface area contributed by atoms with Crippen LogP contribution in [-0.2, 0) is 31.0 Å². The summed E-state index contributed by atoms with van der Waals surface area (Å²) in [6.45, 7) is 9.44. The number of aryl methyl sites for hydroxylation is 1. The molecular formula is C26H37NO6S2. The van der Waals surface area contributed by atoms with Gasteiger partial charge in [0.15, 0.2) is 9.84 Å². The van der Waals surface area contributed by atoms with Gasteiger partial charge in [-0.2, -0.15) is 0 Å². The lowest BCUT2D eigenvalue weighted by Gasteiger charge is -2.27. The molecule has 0 spiro atoms. The van der Waals surface area contributed by atoms with Gasteiger partial charge in [0.25, 0.3) is 10.0 Å². The van der Waals surface area contributed by atoms with Crippen LogP contribution in [0.3, 0.4) is 0 Å². The Morgan fingerprint density at radius 1 is 0.971 bits per heavy atom. The molecule has 0 N–H and O–H groups in total. The van der Waals surface area contributed by atoms with Crippen molar-refractivity contribution in [2.45, 2.75) is 56.7 Å². The average Bonchev–Trinajstić information content (AvgIpc) is 2.86. The maximum atomic E-state index is 13.9. The third-order valence-electron chi connectivity index (χ3n) is 6.19. The van der Waals surface area contributed by atoms with Gasteiger partial charge in [-0.3, -0.25) is 4.31 Å². The highest BCUT2D eigenvalue weighted by Gasteiger charge is 2.32. The third-order valence-corrected chi connectivity index (χ3v) is 9.94. The second kappa shape index (κ2) is 11.8. The molecule has 0 amide bonds. The van der Waals surface area contributed by atoms with E-state index in [0.717, 1.165) is 24.8 Å². The molecule has 1 saturated heterocycles. The van der Waals surface area contributed by atoms with E-state index in [1.807, 2.05) is 32.9 Å². The minimum Gasteiger partial charge on any atom is -0.493 e. The Morgan fingerprint density at radius 3 is 2.20 bits per heavy atom. The number of sulfonamides is 1. The summed E-state index contributed by atoms with van der Waals surface area (Å²) in [4.78, 5) is -0.443. The largest absolute Gasteiger partial charge is 0.493 e. The number of benzene rings is 2. The van der Waals surface area contributed by atoms with Crippen LogP contribution in [0, 0.1) is 11.8 Å². The van der Waals surface area contributed by atoms with Crippen molar-refractivity contribution in [1.82, 2.24) is 0 Å². The lowest BCUT2D eigenvalue weighted by molar-refractivity contribution is 0.0497. The number of sulfone groups is 1. The molecule has 0 saturated carbocycles. The summed E-state index contributed by atoms with van der Waals surface area (Å²) in [5.74, 6) is 0.494. The van der Waals surface area contributed by atoms with E-state index in [9.17, 15) is 16.8 Å². The normalized spacial score (nSPS) is 15.3. The van der Waals surface area contributed by atoms with Crippen LogP contribution in [0.25, 0.3) is 0 Å². The Kier molecular flexibility index (Phi) is 9.23. The first-order chi connectivity index (χ1) is 16.6. The number of anilines is 1. The van der Waals surface area contributed by atoms with Gasteiger partial charge in [0.2, 0.25) is 0 Å². The van der Waals surface area contributed by atoms with Crippen LogP contribution in [0.5, 0.6) is 5.75 Å². The molecule has 0 aliphatic carbocycles. The van der Waals surface area contributed by atoms with Crippen molar-refractivity contribution in [1.29, 1.82) is 0 Å². The van der Waals surface area contributed by atoms with Crippen molar-refractivity contribution in [3.8, 4) is 5.75 Å². The van der Waals surface area contributed by atoms with Crippen molar-refractivity contribution in [2.75, 3.05) is 36.4 Å². The summed E-state index contributed by atoms with van der Waals surface area (Å²) < 4.78 is 66.5. The Balaban J connectivity index is 2.02. The van der Waals surface area contributed by atoms with Crippen LogP contribution in [0.1, 0.15) is 46.1 Å². The maximum Gasteiger partial charge on any atom is 0.265 e. The summed E-state index contributed by atoms with van der Waals surface area (Å²) in [5, 5.41) is 0. The molecule has 0 bridgehead atoms. The predicted molar refractivity (Wildman–Crippen MR) is 138 cm³/mol. The van der Waals surface area contributed by atoms with Crippen molar-refractivity contribution in [2.24, 2.45) is 11.8 Å². The van der Waals surface area contributed by atoms with Gasteiger partial charge in [-0.25, -0.2) is 16.8 Å². The highest BCUT2D eigenvalue weighted by Crippen LogP contribution is 2.33. The molecule has 0 radical (unpaired) electrons. The van der Waals surface area contributed by atoms with Crippen molar-refractivity contribution < 1.29 is 26.3 Å². The standard InChI is InChI=1S/C26H37NO6S2/c1-5-21-7-9-23(10-8-21)27(18-20(3)4)35(30,31)25-12-11-24(17-26(25)34(28,29)6-2)33-19-22-13-15-32-16-14-22/h7-12,17,20,22H,5-6,13-16,18-19H2,1-4H3. The van der Waals surface area contributed by atoms with Gasteiger partial charge in [-0.1, -0.05) is 39.8 Å². The summed E-state index contributed by atoms with van der Waals surface area (Å²) >= 11 is 0. The van der Waals surface area contributed by atoms with Gasteiger partial charge in [0, 0.05) is 25.8 Å². The number of hydrogen-bond donors (Lipinski definition) is 0. The first-order valence-electron chi connectivity index (χ1n) is 12.3. The number of nitrogens with zero attached hydrogens (tertiary/aromatic N) is 1. The second-order valence-corrected chi connectivity index (χ2v) is 13.4. The molecule has 9 heteroatoms. The van der Waals surface area contributed by atoms with Gasteiger partial charge in [0.05, 0.1) is 22.9 Å². The van der Waals surface area contributed by atoms with E-state index < -0.39 is 19.9 Å². The fourth-order valence-electron chi connectivity index (χ4n) is 4.01. The van der Waals surface area contributed by atoms with Gasteiger partial charge >= 0.3 is 0 Å². The van der Waals surface area contributed by atoms with E-state index in [2.05, 4.69) is 0 Å². The van der Waals surface area contributed by atoms with Crippen LogP contribution in [0.2, 0.25) is 0 Å². The van der Waals surface area contributed by atoms with Gasteiger partial charge in [-0.15, -0.1) is 0 Å². The van der Waals surface area contributed by atoms with Crippen LogP contribution in [0.4, 0.5) is 5.69 Å². The van der Waals surface area contributed by atoms with Crippen molar-refractivity contribution >= 4 is 25.5 Å². The first kappa shape index (κ1) is 27.5. The lowest BCUT2D eigenvalue weighted by Crippen LogP contribution is -2.35. The topological polar surface area (TPSA) is 90.0 Å². The third kappa shape index (κ3) is 6.77. The van der Waals surface area contributed by atoms with Gasteiger partial charge < -0.3 is 9.47 Å². The number of rotatable bonds is 11. The monoisotopic (exact) mass is 523 g/mol. The van der Waals surface area contributed by atoms with Crippen molar-refractivity contribution in [3.63, 3.8) is 0 Å². The molecule has 2 aromatic carbocycles. The number of hydrogen-bond acceptors (Lipinski definition) is 6. The highest BCUT2D eigenvalue weighted by atomic mass is 32.2. The molecule has 1 fully saturated rings. The molecule has 35 heavy (non-hydrogen) atoms. The van der Waals surface area contributed by atoms with Crippen LogP contribution in [-0.4, -0.2) is 49.0 Å². The molecular weight excluding hydrogens is 486 g/mol. The molecule has 0 aromatic heterocycles. The van der Waals surface area contributed by atoms with Crippen LogP contribution < -0.4 is 9.04 Å². The van der Waals surface area contributed by atoms with Crippen molar-refractivity contribution in [3.05, 3.63) is 48.0 Å². The van der Waals surface area contributed by atoms with E-state index in [1.54, 1.807) is 18.2 Å². The zero-order valence-electron chi connectivity index (χ0n) is 21.1. The quantitative estimate of drug-likeness (QED) is 0.424. The van der Waals surface area contributed by atoms with Crippen LogP contribution in [0.15, 0.2) is 52.3 Å². The van der Waals surface area contributed by atoms with E-state index >= 15 is 0 Å². The van der Waals surface area contributed by atoms with E-state index in [0.29, 0.717) is 37.2 Å². The van der Waals surface area contributed by atoms with Gasteiger partial charge in [-0.05, 0) is 60.9 Å². The molecule has 1 heterocycles. The predicted octanol–water partition coefficient (Wildman–Crippen LogP) is 4.70. The van der Waals surface area contributed by atoms with Gasteiger partial charge in [0.1, 0.15) is 10.6 Å². The summed E-state index contributed by atoms with van der Waals surface area (Å²) in [5.41, 5.74) is 1.60. The maximum absolute atomic E-state index is 13.9. The summed E-state index contributed by atoms with van der Waals surface area (Å²) in [6, 6.07) is 11.6. The Labute approximate surface area is 210 Å². The smallest absolute Gasteiger partial charge is 0.265 e. The SMILES string of the molecule is CCc1ccc(N(CC(C)C)S(=O)(=O)c2ccc(OCC3CCOCC3)cc2S(=O)(=O)CC)cc1. The first-order valence-corrected chi connectivity index (χ1v) is 15.4. The van der Waals surface area contributed by atoms with E-state index in [1.165, 1.54) is 23.4 Å². The fraction of sp³-hybridized carbons (Fsp3) is 0.538. The molecule has 0 atom stereocenters. The summed E-state index contributed by atoms with van der Waals surface area (Å²) in [6.07, 6.45) is 2.60. The highest BCUT2D eigenvalue weighted by molar-refractivity contribution is 7.95.